The van der Waals surface area contributed by atoms with Gasteiger partial charge in [-0.3, -0.25) is 0 Å². The van der Waals surface area contributed by atoms with Crippen molar-refractivity contribution < 1.29 is 14.2 Å². The van der Waals surface area contributed by atoms with Gasteiger partial charge in [-0.1, -0.05) is 54.6 Å². The van der Waals surface area contributed by atoms with E-state index in [2.05, 4.69) is 36.4 Å². The van der Waals surface area contributed by atoms with E-state index in [1.165, 1.54) is 0 Å². The van der Waals surface area contributed by atoms with E-state index in [0.29, 0.717) is 13.2 Å². The van der Waals surface area contributed by atoms with Gasteiger partial charge in [0.15, 0.2) is 0 Å². The van der Waals surface area contributed by atoms with Crippen LogP contribution in [0, 0.1) is 0 Å². The molecule has 146 valence electrons. The van der Waals surface area contributed by atoms with E-state index in [1.54, 1.807) is 14.2 Å². The van der Waals surface area contributed by atoms with Gasteiger partial charge in [0.1, 0.15) is 17.1 Å². The Morgan fingerprint density at radius 2 is 1.14 bits per heavy atom. The molecule has 4 nitrogen and oxygen atoms in total. The van der Waals surface area contributed by atoms with Crippen molar-refractivity contribution >= 4 is 0 Å². The van der Waals surface area contributed by atoms with Crippen molar-refractivity contribution in [3.63, 3.8) is 0 Å². The summed E-state index contributed by atoms with van der Waals surface area (Å²) in [4.78, 5) is 0. The third-order valence-corrected chi connectivity index (χ3v) is 4.84. The number of ether oxygens (including phenoxy) is 3. The second kappa shape index (κ2) is 9.40. The molecule has 0 spiro atoms. The predicted octanol–water partition coefficient (Wildman–Crippen LogP) is 4.36. The number of hydrogen-bond donors (Lipinski definition) is 1. The second-order valence-electron chi connectivity index (χ2n) is 6.49. The zero-order chi connectivity index (χ0) is 19.8. The molecule has 3 aromatic rings. The van der Waals surface area contributed by atoms with Crippen LogP contribution in [-0.4, -0.2) is 27.4 Å². The van der Waals surface area contributed by atoms with Crippen LogP contribution in [0.2, 0.25) is 0 Å². The van der Waals surface area contributed by atoms with Crippen molar-refractivity contribution in [3.05, 3.63) is 95.6 Å². The van der Waals surface area contributed by atoms with Gasteiger partial charge in [-0.05, 0) is 53.9 Å². The molecule has 0 saturated heterocycles. The summed E-state index contributed by atoms with van der Waals surface area (Å²) >= 11 is 0. The Hall–Kier alpha value is -2.82. The van der Waals surface area contributed by atoms with Crippen molar-refractivity contribution in [2.75, 3.05) is 27.4 Å². The first-order valence-corrected chi connectivity index (χ1v) is 9.43. The number of nitrogens with two attached hydrogens (primary N) is 1. The fourth-order valence-electron chi connectivity index (χ4n) is 3.38. The molecular weight excluding hydrogens is 350 g/mol. The van der Waals surface area contributed by atoms with Crippen molar-refractivity contribution in [1.29, 1.82) is 0 Å². The van der Waals surface area contributed by atoms with Crippen LogP contribution in [0.15, 0.2) is 78.9 Å². The first-order valence-electron chi connectivity index (χ1n) is 9.43. The first kappa shape index (κ1) is 19.9. The largest absolute Gasteiger partial charge is 0.497 e. The maximum atomic E-state index is 6.61. The molecule has 0 aliphatic carbocycles. The lowest BCUT2D eigenvalue weighted by molar-refractivity contribution is 0.0124. The molecule has 0 saturated carbocycles. The molecule has 0 aliphatic rings. The summed E-state index contributed by atoms with van der Waals surface area (Å²) in [5.74, 6) is 1.62. The summed E-state index contributed by atoms with van der Waals surface area (Å²) in [6, 6.07) is 26.3. The third-order valence-electron chi connectivity index (χ3n) is 4.84. The quantitative estimate of drug-likeness (QED) is 0.445. The van der Waals surface area contributed by atoms with Gasteiger partial charge in [0.05, 0.1) is 14.2 Å². The van der Waals surface area contributed by atoms with Crippen LogP contribution in [0.25, 0.3) is 0 Å². The average Bonchev–Trinajstić information content (AvgIpc) is 2.78. The Morgan fingerprint density at radius 3 is 1.57 bits per heavy atom. The SMILES string of the molecule is COc1ccc(C(OCCCN)(c2ccccc2)c2ccc(OC)cc2)cc1. The zero-order valence-electron chi connectivity index (χ0n) is 16.4. The molecule has 0 unspecified atom stereocenters. The summed E-state index contributed by atoms with van der Waals surface area (Å²) in [6.07, 6.45) is 0.779. The molecule has 0 aliphatic heterocycles. The molecule has 0 heterocycles. The monoisotopic (exact) mass is 377 g/mol. The number of rotatable bonds is 9. The minimum atomic E-state index is -0.755. The number of benzene rings is 3. The van der Waals surface area contributed by atoms with Crippen LogP contribution in [0.5, 0.6) is 11.5 Å². The van der Waals surface area contributed by atoms with Crippen molar-refractivity contribution in [2.45, 2.75) is 12.0 Å². The van der Waals surface area contributed by atoms with Gasteiger partial charge < -0.3 is 19.9 Å². The molecular formula is C24H27NO3. The molecule has 3 rings (SSSR count). The Labute approximate surface area is 166 Å². The summed E-state index contributed by atoms with van der Waals surface area (Å²) < 4.78 is 17.3. The summed E-state index contributed by atoms with van der Waals surface area (Å²) in [5, 5.41) is 0. The van der Waals surface area contributed by atoms with Gasteiger partial charge in [0, 0.05) is 6.61 Å². The minimum absolute atomic E-state index is 0.545. The molecule has 0 fully saturated rings. The van der Waals surface area contributed by atoms with Crippen molar-refractivity contribution in [3.8, 4) is 11.5 Å². The molecule has 0 radical (unpaired) electrons. The van der Waals surface area contributed by atoms with E-state index in [-0.39, 0.29) is 0 Å². The van der Waals surface area contributed by atoms with E-state index in [4.69, 9.17) is 19.9 Å². The van der Waals surface area contributed by atoms with E-state index < -0.39 is 5.60 Å². The first-order chi connectivity index (χ1) is 13.7. The van der Waals surface area contributed by atoms with E-state index in [9.17, 15) is 0 Å². The topological polar surface area (TPSA) is 53.7 Å². The summed E-state index contributed by atoms with van der Waals surface area (Å²) in [5.41, 5.74) is 8.10. The highest BCUT2D eigenvalue weighted by Gasteiger charge is 2.37. The maximum absolute atomic E-state index is 6.61. The Balaban J connectivity index is 2.20. The van der Waals surface area contributed by atoms with Crippen molar-refractivity contribution in [1.82, 2.24) is 0 Å². The lowest BCUT2D eigenvalue weighted by Gasteiger charge is -2.36. The van der Waals surface area contributed by atoms with Crippen LogP contribution >= 0.6 is 0 Å². The van der Waals surface area contributed by atoms with Gasteiger partial charge in [0.25, 0.3) is 0 Å². The van der Waals surface area contributed by atoms with Crippen LogP contribution in [0.4, 0.5) is 0 Å². The zero-order valence-corrected chi connectivity index (χ0v) is 16.4. The highest BCUT2D eigenvalue weighted by atomic mass is 16.5. The molecule has 0 amide bonds. The van der Waals surface area contributed by atoms with Crippen LogP contribution in [-0.2, 0) is 10.3 Å². The van der Waals surface area contributed by atoms with E-state index in [0.717, 1.165) is 34.6 Å². The molecule has 0 aromatic heterocycles. The van der Waals surface area contributed by atoms with Crippen molar-refractivity contribution in [2.24, 2.45) is 5.73 Å². The third kappa shape index (κ3) is 4.03. The molecule has 3 aromatic carbocycles. The lowest BCUT2D eigenvalue weighted by atomic mass is 9.80. The van der Waals surface area contributed by atoms with Gasteiger partial charge in [-0.2, -0.15) is 0 Å². The standard InChI is InChI=1S/C24H27NO3/c1-26-22-13-9-20(10-14-22)24(28-18-6-17-25,19-7-4-3-5-8-19)21-11-15-23(27-2)16-12-21/h3-5,7-16H,6,17-18,25H2,1-2H3. The Kier molecular flexibility index (Phi) is 6.69. The smallest absolute Gasteiger partial charge is 0.143 e. The second-order valence-corrected chi connectivity index (χ2v) is 6.49. The number of methoxy groups -OCH3 is 2. The van der Waals surface area contributed by atoms with E-state index >= 15 is 0 Å². The Bertz CT molecular complexity index is 798. The fraction of sp³-hybridized carbons (Fsp3) is 0.250. The molecule has 28 heavy (non-hydrogen) atoms. The summed E-state index contributed by atoms with van der Waals surface area (Å²) in [6.45, 7) is 1.12. The molecule has 0 atom stereocenters. The molecule has 4 heteroatoms. The normalized spacial score (nSPS) is 11.2. The average molecular weight is 377 g/mol. The fourth-order valence-corrected chi connectivity index (χ4v) is 3.38. The highest BCUT2D eigenvalue weighted by Crippen LogP contribution is 2.41. The molecule has 2 N–H and O–H groups in total. The maximum Gasteiger partial charge on any atom is 0.143 e. The van der Waals surface area contributed by atoms with Crippen LogP contribution in [0.1, 0.15) is 23.1 Å². The summed E-state index contributed by atoms with van der Waals surface area (Å²) in [7, 11) is 3.33. The van der Waals surface area contributed by atoms with Gasteiger partial charge >= 0.3 is 0 Å². The highest BCUT2D eigenvalue weighted by molar-refractivity contribution is 5.49. The Morgan fingerprint density at radius 1 is 0.679 bits per heavy atom. The van der Waals surface area contributed by atoms with Gasteiger partial charge in [-0.25, -0.2) is 0 Å². The van der Waals surface area contributed by atoms with Gasteiger partial charge in [-0.15, -0.1) is 0 Å². The minimum Gasteiger partial charge on any atom is -0.497 e. The van der Waals surface area contributed by atoms with Gasteiger partial charge in [0.2, 0.25) is 0 Å². The lowest BCUT2D eigenvalue weighted by Crippen LogP contribution is -2.33. The predicted molar refractivity (Wildman–Crippen MR) is 112 cm³/mol. The molecule has 0 bridgehead atoms. The van der Waals surface area contributed by atoms with Crippen LogP contribution in [0.3, 0.4) is 0 Å². The number of hydrogen-bond acceptors (Lipinski definition) is 4. The van der Waals surface area contributed by atoms with Crippen LogP contribution < -0.4 is 15.2 Å². The van der Waals surface area contributed by atoms with E-state index in [1.807, 2.05) is 42.5 Å².